The highest BCUT2D eigenvalue weighted by molar-refractivity contribution is 5.69. The lowest BCUT2D eigenvalue weighted by molar-refractivity contribution is -0.150. The first-order valence-corrected chi connectivity index (χ1v) is 10.6. The molecule has 1 atom stereocenters. The number of aromatic nitrogens is 3. The zero-order chi connectivity index (χ0) is 21.6. The van der Waals surface area contributed by atoms with Crippen LogP contribution in [0.15, 0.2) is 53.3 Å². The predicted octanol–water partition coefficient (Wildman–Crippen LogP) is 5.04. The minimum absolute atomic E-state index is 0.106. The van der Waals surface area contributed by atoms with Crippen LogP contribution in [0.2, 0.25) is 0 Å². The quantitative estimate of drug-likeness (QED) is 0.463. The topological polar surface area (TPSA) is 70.2 Å². The second kappa shape index (κ2) is 9.74. The number of nitrogens with zero attached hydrogens (tertiary/aromatic N) is 3. The van der Waals surface area contributed by atoms with Gasteiger partial charge in [-0.25, -0.2) is 9.97 Å². The van der Waals surface area contributed by atoms with Crippen LogP contribution in [0.1, 0.15) is 69.7 Å². The molecule has 6 heteroatoms. The maximum absolute atomic E-state index is 12.6. The van der Waals surface area contributed by atoms with Crippen molar-refractivity contribution in [2.45, 2.75) is 71.4 Å². The van der Waals surface area contributed by atoms with E-state index in [1.165, 1.54) is 5.56 Å². The van der Waals surface area contributed by atoms with Crippen LogP contribution in [-0.2, 0) is 34.3 Å². The summed E-state index contributed by atoms with van der Waals surface area (Å²) in [7, 11) is 0. The summed E-state index contributed by atoms with van der Waals surface area (Å²) in [6.07, 6.45) is 7.15. The van der Waals surface area contributed by atoms with Crippen molar-refractivity contribution in [3.63, 3.8) is 0 Å². The van der Waals surface area contributed by atoms with Crippen molar-refractivity contribution in [3.8, 4) is 0 Å². The van der Waals surface area contributed by atoms with Crippen molar-refractivity contribution in [2.75, 3.05) is 0 Å². The Balaban J connectivity index is 1.63. The molecule has 3 rings (SSSR count). The fourth-order valence-corrected chi connectivity index (χ4v) is 3.26. The van der Waals surface area contributed by atoms with E-state index in [4.69, 9.17) is 9.15 Å². The minimum atomic E-state index is -0.387. The van der Waals surface area contributed by atoms with Crippen LogP contribution in [0, 0.1) is 0 Å². The predicted molar refractivity (Wildman–Crippen MR) is 115 cm³/mol. The molecule has 0 saturated heterocycles. The Kier molecular flexibility index (Phi) is 7.08. The molecule has 0 spiro atoms. The zero-order valence-corrected chi connectivity index (χ0v) is 18.3. The summed E-state index contributed by atoms with van der Waals surface area (Å²) in [5.41, 5.74) is 1.11. The number of imidazole rings is 1. The summed E-state index contributed by atoms with van der Waals surface area (Å²) >= 11 is 0. The van der Waals surface area contributed by atoms with Crippen LogP contribution in [0.4, 0.5) is 0 Å². The van der Waals surface area contributed by atoms with Crippen LogP contribution in [0.5, 0.6) is 0 Å². The molecule has 2 aromatic heterocycles. The smallest absolute Gasteiger partial charge is 0.307 e. The lowest BCUT2D eigenvalue weighted by atomic mass is 9.94. The standard InChI is InChI=1S/C24H31N3O3/c1-5-27-16-15-25-23(27)19(12-11-18-9-7-6-8-10-18)29-22(28)14-13-21-26-17-20(30-21)24(2,3)4/h6-10,15-17,19H,5,11-14H2,1-4H3/t19-/m0/s1. The molecule has 0 saturated carbocycles. The van der Waals surface area contributed by atoms with Gasteiger partial charge >= 0.3 is 5.97 Å². The van der Waals surface area contributed by atoms with Crippen molar-refractivity contribution >= 4 is 5.97 Å². The molecule has 0 aliphatic heterocycles. The largest absolute Gasteiger partial charge is 0.454 e. The van der Waals surface area contributed by atoms with Gasteiger partial charge in [-0.05, 0) is 25.3 Å². The molecule has 0 aliphatic carbocycles. The number of ether oxygens (including phenoxy) is 1. The Morgan fingerprint density at radius 3 is 2.60 bits per heavy atom. The number of hydrogen-bond acceptors (Lipinski definition) is 5. The lowest BCUT2D eigenvalue weighted by Crippen LogP contribution is -2.17. The zero-order valence-electron chi connectivity index (χ0n) is 18.3. The van der Waals surface area contributed by atoms with Crippen LogP contribution < -0.4 is 0 Å². The van der Waals surface area contributed by atoms with E-state index in [1.807, 2.05) is 29.0 Å². The number of carbonyl (C=O) groups excluding carboxylic acids is 1. The van der Waals surface area contributed by atoms with Gasteiger partial charge in [0.2, 0.25) is 0 Å². The van der Waals surface area contributed by atoms with Gasteiger partial charge in [0.15, 0.2) is 12.0 Å². The number of benzene rings is 1. The molecule has 0 amide bonds. The Hall–Kier alpha value is -2.89. The number of rotatable bonds is 9. The fraction of sp³-hybridized carbons (Fsp3) is 0.458. The Bertz CT molecular complexity index is 938. The minimum Gasteiger partial charge on any atom is -0.454 e. The highest BCUT2D eigenvalue weighted by atomic mass is 16.5. The molecule has 0 fully saturated rings. The normalized spacial score (nSPS) is 12.7. The van der Waals surface area contributed by atoms with Crippen LogP contribution in [0.3, 0.4) is 0 Å². The van der Waals surface area contributed by atoms with E-state index in [0.29, 0.717) is 18.7 Å². The molecule has 0 N–H and O–H groups in total. The summed E-state index contributed by atoms with van der Waals surface area (Å²) in [6, 6.07) is 10.2. The number of esters is 1. The molecule has 160 valence electrons. The van der Waals surface area contributed by atoms with E-state index < -0.39 is 0 Å². The fourth-order valence-electron chi connectivity index (χ4n) is 3.26. The van der Waals surface area contributed by atoms with Crippen LogP contribution >= 0.6 is 0 Å². The van der Waals surface area contributed by atoms with Crippen molar-refractivity contribution in [2.24, 2.45) is 0 Å². The monoisotopic (exact) mass is 409 g/mol. The molecular formula is C24H31N3O3. The first-order valence-electron chi connectivity index (χ1n) is 10.6. The third kappa shape index (κ3) is 5.81. The highest BCUT2D eigenvalue weighted by Crippen LogP contribution is 2.25. The summed E-state index contributed by atoms with van der Waals surface area (Å²) in [5, 5.41) is 0. The van der Waals surface area contributed by atoms with Crippen molar-refractivity contribution in [3.05, 3.63) is 72.0 Å². The molecule has 0 bridgehead atoms. The number of oxazole rings is 1. The molecular weight excluding hydrogens is 378 g/mol. The number of carbonyl (C=O) groups is 1. The molecule has 0 unspecified atom stereocenters. The van der Waals surface area contributed by atoms with E-state index in [0.717, 1.165) is 24.6 Å². The molecule has 1 aromatic carbocycles. The van der Waals surface area contributed by atoms with E-state index in [-0.39, 0.29) is 23.9 Å². The first-order chi connectivity index (χ1) is 14.4. The molecule has 3 aromatic rings. The molecule has 0 aliphatic rings. The summed E-state index contributed by atoms with van der Waals surface area (Å²) < 4.78 is 13.7. The average Bonchev–Trinajstić information content (AvgIpc) is 3.39. The van der Waals surface area contributed by atoms with Gasteiger partial charge in [-0.3, -0.25) is 4.79 Å². The first kappa shape index (κ1) is 21.8. The van der Waals surface area contributed by atoms with E-state index >= 15 is 0 Å². The summed E-state index contributed by atoms with van der Waals surface area (Å²) in [4.78, 5) is 21.4. The second-order valence-electron chi connectivity index (χ2n) is 8.44. The Morgan fingerprint density at radius 2 is 1.93 bits per heavy atom. The second-order valence-corrected chi connectivity index (χ2v) is 8.44. The maximum Gasteiger partial charge on any atom is 0.307 e. The van der Waals surface area contributed by atoms with Crippen LogP contribution in [-0.4, -0.2) is 20.5 Å². The Morgan fingerprint density at radius 1 is 1.17 bits per heavy atom. The highest BCUT2D eigenvalue weighted by Gasteiger charge is 2.23. The summed E-state index contributed by atoms with van der Waals surface area (Å²) in [5.74, 6) is 1.89. The van der Waals surface area contributed by atoms with Crippen molar-refractivity contribution in [1.29, 1.82) is 0 Å². The lowest BCUT2D eigenvalue weighted by Gasteiger charge is -2.18. The van der Waals surface area contributed by atoms with Gasteiger partial charge in [0, 0.05) is 30.8 Å². The van der Waals surface area contributed by atoms with Crippen LogP contribution in [0.25, 0.3) is 0 Å². The summed E-state index contributed by atoms with van der Waals surface area (Å²) in [6.45, 7) is 9.04. The van der Waals surface area contributed by atoms with Gasteiger partial charge in [0.05, 0.1) is 12.6 Å². The van der Waals surface area contributed by atoms with E-state index in [2.05, 4.69) is 49.8 Å². The van der Waals surface area contributed by atoms with Gasteiger partial charge in [-0.2, -0.15) is 0 Å². The number of aryl methyl sites for hydroxylation is 3. The maximum atomic E-state index is 12.6. The van der Waals surface area contributed by atoms with Gasteiger partial charge in [0.25, 0.3) is 0 Å². The molecule has 0 radical (unpaired) electrons. The average molecular weight is 410 g/mol. The molecule has 2 heterocycles. The van der Waals surface area contributed by atoms with Crippen molar-refractivity contribution < 1.29 is 13.9 Å². The molecule has 30 heavy (non-hydrogen) atoms. The van der Waals surface area contributed by atoms with Gasteiger partial charge in [0.1, 0.15) is 11.6 Å². The van der Waals surface area contributed by atoms with Gasteiger partial charge in [-0.1, -0.05) is 51.1 Å². The van der Waals surface area contributed by atoms with Crippen molar-refractivity contribution in [1.82, 2.24) is 14.5 Å². The molecule has 6 nitrogen and oxygen atoms in total. The third-order valence-electron chi connectivity index (χ3n) is 5.02. The third-order valence-corrected chi connectivity index (χ3v) is 5.02. The Labute approximate surface area is 178 Å². The number of hydrogen-bond donors (Lipinski definition) is 0. The SMILES string of the molecule is CCn1ccnc1[C@H](CCc1ccccc1)OC(=O)CCc1ncc(C(C)(C)C)o1. The van der Waals surface area contributed by atoms with E-state index in [9.17, 15) is 4.79 Å². The van der Waals surface area contributed by atoms with E-state index in [1.54, 1.807) is 12.4 Å². The van der Waals surface area contributed by atoms with Gasteiger partial charge < -0.3 is 13.7 Å². The van der Waals surface area contributed by atoms with Gasteiger partial charge in [-0.15, -0.1) is 0 Å².